The van der Waals surface area contributed by atoms with E-state index in [1.165, 1.54) is 0 Å². The monoisotopic (exact) mass is 344 g/mol. The van der Waals surface area contributed by atoms with Crippen LogP contribution < -0.4 is 0 Å². The van der Waals surface area contributed by atoms with Gasteiger partial charge in [0.2, 0.25) is 11.8 Å². The van der Waals surface area contributed by atoms with Gasteiger partial charge in [-0.3, -0.25) is 4.79 Å². The molecule has 0 aliphatic rings. The summed E-state index contributed by atoms with van der Waals surface area (Å²) in [4.78, 5) is 10.4. The number of rotatable bonds is 5. The molecular formula is C12H10BrClN2O3. The number of aliphatic carboxylic acids is 1. The maximum Gasteiger partial charge on any atom is 0.303 e. The molecule has 5 nitrogen and oxygen atoms in total. The van der Waals surface area contributed by atoms with Crippen molar-refractivity contribution in [1.82, 2.24) is 10.2 Å². The predicted octanol–water partition coefficient (Wildman–Crippen LogP) is 3.56. The van der Waals surface area contributed by atoms with Gasteiger partial charge in [0.25, 0.3) is 0 Å². The highest BCUT2D eigenvalue weighted by Gasteiger charge is 2.10. The summed E-state index contributed by atoms with van der Waals surface area (Å²) in [6.45, 7) is 0. The molecule has 0 saturated carbocycles. The van der Waals surface area contributed by atoms with E-state index in [9.17, 15) is 4.79 Å². The zero-order valence-corrected chi connectivity index (χ0v) is 12.1. The number of aryl methyl sites for hydroxylation is 1. The Bertz CT molecular complexity index is 600. The fraction of sp³-hybridized carbons (Fsp3) is 0.250. The van der Waals surface area contributed by atoms with Crippen LogP contribution in [0.15, 0.2) is 27.1 Å². The number of hydrogen-bond donors (Lipinski definition) is 1. The van der Waals surface area contributed by atoms with Crippen molar-refractivity contribution in [3.05, 3.63) is 33.6 Å². The average molecular weight is 346 g/mol. The lowest BCUT2D eigenvalue weighted by molar-refractivity contribution is -0.137. The highest BCUT2D eigenvalue weighted by atomic mass is 79.9. The highest BCUT2D eigenvalue weighted by Crippen LogP contribution is 2.28. The Morgan fingerprint density at radius 2 is 2.21 bits per heavy atom. The summed E-state index contributed by atoms with van der Waals surface area (Å²) in [5.74, 6) is -0.0329. The van der Waals surface area contributed by atoms with Gasteiger partial charge in [0, 0.05) is 22.9 Å². The number of carboxylic acid groups (broad SMARTS) is 1. The van der Waals surface area contributed by atoms with Crippen LogP contribution in [0.25, 0.3) is 11.5 Å². The van der Waals surface area contributed by atoms with E-state index in [1.807, 2.05) is 6.07 Å². The molecule has 0 bridgehead atoms. The van der Waals surface area contributed by atoms with Crippen LogP contribution in [0.3, 0.4) is 0 Å². The van der Waals surface area contributed by atoms with E-state index in [4.69, 9.17) is 21.1 Å². The van der Waals surface area contributed by atoms with Gasteiger partial charge in [-0.1, -0.05) is 11.6 Å². The van der Waals surface area contributed by atoms with Crippen LogP contribution in [0, 0.1) is 0 Å². The second-order valence-electron chi connectivity index (χ2n) is 3.88. The molecule has 19 heavy (non-hydrogen) atoms. The molecule has 0 radical (unpaired) electrons. The Balaban J connectivity index is 2.07. The van der Waals surface area contributed by atoms with Crippen molar-refractivity contribution in [2.45, 2.75) is 19.3 Å². The van der Waals surface area contributed by atoms with Crippen molar-refractivity contribution in [3.63, 3.8) is 0 Å². The zero-order chi connectivity index (χ0) is 13.8. The van der Waals surface area contributed by atoms with Crippen molar-refractivity contribution >= 4 is 33.5 Å². The minimum Gasteiger partial charge on any atom is -0.481 e. The maximum atomic E-state index is 10.4. The summed E-state index contributed by atoms with van der Waals surface area (Å²) >= 11 is 9.29. The number of benzene rings is 1. The molecule has 0 unspecified atom stereocenters. The molecule has 7 heteroatoms. The van der Waals surface area contributed by atoms with Crippen molar-refractivity contribution < 1.29 is 14.3 Å². The van der Waals surface area contributed by atoms with E-state index in [0.717, 1.165) is 10.0 Å². The summed E-state index contributed by atoms with van der Waals surface area (Å²) in [6.07, 6.45) is 1.00. The number of carboxylic acids is 1. The van der Waals surface area contributed by atoms with Crippen molar-refractivity contribution in [2.75, 3.05) is 0 Å². The first-order chi connectivity index (χ1) is 9.06. The van der Waals surface area contributed by atoms with Gasteiger partial charge in [-0.2, -0.15) is 0 Å². The second-order valence-corrected chi connectivity index (χ2v) is 5.14. The van der Waals surface area contributed by atoms with Crippen LogP contribution in [0.4, 0.5) is 0 Å². The second kappa shape index (κ2) is 6.16. The lowest BCUT2D eigenvalue weighted by atomic mass is 10.2. The van der Waals surface area contributed by atoms with Crippen LogP contribution in [-0.2, 0) is 11.2 Å². The first-order valence-corrected chi connectivity index (χ1v) is 6.73. The molecule has 0 spiro atoms. The molecule has 0 saturated heterocycles. The molecule has 2 rings (SSSR count). The Kier molecular flexibility index (Phi) is 4.55. The quantitative estimate of drug-likeness (QED) is 0.896. The van der Waals surface area contributed by atoms with E-state index in [1.54, 1.807) is 12.1 Å². The highest BCUT2D eigenvalue weighted by molar-refractivity contribution is 9.10. The number of aromatic nitrogens is 2. The fourth-order valence-corrected chi connectivity index (χ4v) is 1.92. The normalized spacial score (nSPS) is 10.6. The molecule has 1 aromatic carbocycles. The van der Waals surface area contributed by atoms with Crippen molar-refractivity contribution in [2.24, 2.45) is 0 Å². The maximum absolute atomic E-state index is 10.4. The Morgan fingerprint density at radius 3 is 2.89 bits per heavy atom. The molecule has 1 N–H and O–H groups in total. The summed E-state index contributed by atoms with van der Waals surface area (Å²) < 4.78 is 6.25. The summed E-state index contributed by atoms with van der Waals surface area (Å²) in [6, 6.07) is 5.33. The number of carbonyl (C=O) groups is 1. The smallest absolute Gasteiger partial charge is 0.303 e. The lowest BCUT2D eigenvalue weighted by Crippen LogP contribution is -1.95. The van der Waals surface area contributed by atoms with Crippen LogP contribution in [0.1, 0.15) is 18.7 Å². The zero-order valence-electron chi connectivity index (χ0n) is 9.77. The minimum absolute atomic E-state index is 0.0851. The van der Waals surface area contributed by atoms with Gasteiger partial charge in [-0.15, -0.1) is 10.2 Å². The van der Waals surface area contributed by atoms with E-state index < -0.39 is 5.97 Å². The van der Waals surface area contributed by atoms with Crippen LogP contribution >= 0.6 is 27.5 Å². The van der Waals surface area contributed by atoms with Crippen LogP contribution in [0.2, 0.25) is 5.02 Å². The molecule has 0 aliphatic heterocycles. The molecule has 1 aromatic heterocycles. The van der Waals surface area contributed by atoms with Crippen LogP contribution in [-0.4, -0.2) is 21.3 Å². The third-order valence-electron chi connectivity index (χ3n) is 2.41. The Morgan fingerprint density at radius 1 is 1.42 bits per heavy atom. The third-order valence-corrected chi connectivity index (χ3v) is 3.65. The van der Waals surface area contributed by atoms with E-state index in [0.29, 0.717) is 29.6 Å². The van der Waals surface area contributed by atoms with Gasteiger partial charge in [-0.25, -0.2) is 0 Å². The molecule has 0 aliphatic carbocycles. The fourth-order valence-electron chi connectivity index (χ4n) is 1.49. The first kappa shape index (κ1) is 14.0. The molecule has 1 heterocycles. The summed E-state index contributed by atoms with van der Waals surface area (Å²) in [7, 11) is 0. The van der Waals surface area contributed by atoms with Crippen molar-refractivity contribution in [1.29, 1.82) is 0 Å². The van der Waals surface area contributed by atoms with E-state index in [-0.39, 0.29) is 6.42 Å². The largest absolute Gasteiger partial charge is 0.481 e. The molecule has 100 valence electrons. The number of hydrogen-bond acceptors (Lipinski definition) is 4. The van der Waals surface area contributed by atoms with Gasteiger partial charge in [-0.05, 0) is 40.5 Å². The molecule has 0 fully saturated rings. The number of nitrogens with zero attached hydrogens (tertiary/aromatic N) is 2. The average Bonchev–Trinajstić information content (AvgIpc) is 2.81. The van der Waals surface area contributed by atoms with E-state index in [2.05, 4.69) is 26.1 Å². The van der Waals surface area contributed by atoms with Crippen molar-refractivity contribution in [3.8, 4) is 11.5 Å². The van der Waals surface area contributed by atoms with Crippen LogP contribution in [0.5, 0.6) is 0 Å². The summed E-state index contributed by atoms with van der Waals surface area (Å²) in [5.41, 5.74) is 0.727. The van der Waals surface area contributed by atoms with Gasteiger partial charge in [0.15, 0.2) is 0 Å². The lowest BCUT2D eigenvalue weighted by Gasteiger charge is -1.98. The van der Waals surface area contributed by atoms with Gasteiger partial charge in [0.1, 0.15) is 0 Å². The summed E-state index contributed by atoms with van der Waals surface area (Å²) in [5, 5.41) is 16.9. The topological polar surface area (TPSA) is 76.2 Å². The van der Waals surface area contributed by atoms with Gasteiger partial charge in [0.05, 0.1) is 5.02 Å². The predicted molar refractivity (Wildman–Crippen MR) is 73.0 cm³/mol. The molecule has 2 aromatic rings. The first-order valence-electron chi connectivity index (χ1n) is 5.56. The SMILES string of the molecule is O=C(O)CCCc1nnc(-c2ccc(Br)c(Cl)c2)o1. The Labute approximate surface area is 122 Å². The molecular weight excluding hydrogens is 336 g/mol. The van der Waals surface area contributed by atoms with Gasteiger partial charge < -0.3 is 9.52 Å². The number of halogens is 2. The minimum atomic E-state index is -0.834. The molecule has 0 amide bonds. The third kappa shape index (κ3) is 3.78. The Hall–Kier alpha value is -1.40. The van der Waals surface area contributed by atoms with Gasteiger partial charge >= 0.3 is 5.97 Å². The molecule has 0 atom stereocenters. The standard InChI is InChI=1S/C12H10BrClN2O3/c13-8-5-4-7(6-9(8)14)12-16-15-10(19-12)2-1-3-11(17)18/h4-6H,1-3H2,(H,17,18). The van der Waals surface area contributed by atoms with E-state index >= 15 is 0 Å².